The summed E-state index contributed by atoms with van der Waals surface area (Å²) in [5.41, 5.74) is 5.86. The van der Waals surface area contributed by atoms with Crippen LogP contribution in [-0.2, 0) is 17.3 Å². The van der Waals surface area contributed by atoms with Crippen molar-refractivity contribution in [1.29, 1.82) is 0 Å². The first-order valence-electron chi connectivity index (χ1n) is 10.5. The highest BCUT2D eigenvalue weighted by molar-refractivity contribution is 6.01. The molecule has 2 aromatic rings. The van der Waals surface area contributed by atoms with Crippen molar-refractivity contribution in [3.63, 3.8) is 0 Å². The van der Waals surface area contributed by atoms with E-state index in [1.807, 2.05) is 20.8 Å². The van der Waals surface area contributed by atoms with Crippen LogP contribution < -0.4 is 11.1 Å². The fourth-order valence-corrected chi connectivity index (χ4v) is 3.65. The van der Waals surface area contributed by atoms with Gasteiger partial charge in [0.1, 0.15) is 17.3 Å². The number of halogens is 2. The van der Waals surface area contributed by atoms with Crippen LogP contribution in [0.2, 0.25) is 0 Å². The van der Waals surface area contributed by atoms with Crippen LogP contribution in [0.5, 0.6) is 0 Å². The second-order valence-corrected chi connectivity index (χ2v) is 8.90. The number of nitrogens with zero attached hydrogens (tertiary/aromatic N) is 4. The molecule has 11 heteroatoms. The van der Waals surface area contributed by atoms with Crippen LogP contribution in [0.25, 0.3) is 0 Å². The third-order valence-electron chi connectivity index (χ3n) is 5.35. The Balaban J connectivity index is 1.96. The van der Waals surface area contributed by atoms with Crippen LogP contribution in [-0.4, -0.2) is 69.6 Å². The van der Waals surface area contributed by atoms with E-state index in [4.69, 9.17) is 5.73 Å². The van der Waals surface area contributed by atoms with Gasteiger partial charge in [0.15, 0.2) is 6.17 Å². The number of nitrogens with two attached hydrogens (primary N) is 1. The normalized spacial score (nSPS) is 16.3. The van der Waals surface area contributed by atoms with E-state index in [0.29, 0.717) is 11.8 Å². The van der Waals surface area contributed by atoms with Crippen molar-refractivity contribution in [2.24, 2.45) is 12.8 Å². The minimum absolute atomic E-state index is 0.00734. The zero-order valence-electron chi connectivity index (χ0n) is 19.1. The van der Waals surface area contributed by atoms with E-state index >= 15 is 0 Å². The molecule has 0 radical (unpaired) electrons. The lowest BCUT2D eigenvalue weighted by Gasteiger charge is -2.29. The highest BCUT2D eigenvalue weighted by atomic mass is 19.1. The summed E-state index contributed by atoms with van der Waals surface area (Å²) in [4.78, 5) is 41.8. The van der Waals surface area contributed by atoms with E-state index < -0.39 is 35.5 Å². The number of hydrogen-bond donors (Lipinski definition) is 2. The smallest absolute Gasteiger partial charge is 0.274 e. The molecule has 178 valence electrons. The number of carbonyl (C=O) groups excluding carboxylic acids is 3. The highest BCUT2D eigenvalue weighted by Gasteiger charge is 2.44. The zero-order valence-corrected chi connectivity index (χ0v) is 19.1. The van der Waals surface area contributed by atoms with Gasteiger partial charge in [0, 0.05) is 50.3 Å². The topological polar surface area (TPSA) is 114 Å². The van der Waals surface area contributed by atoms with Crippen LogP contribution in [0.15, 0.2) is 24.3 Å². The van der Waals surface area contributed by atoms with E-state index in [1.54, 1.807) is 13.1 Å². The van der Waals surface area contributed by atoms with Crippen molar-refractivity contribution in [2.45, 2.75) is 32.4 Å². The highest BCUT2D eigenvalue weighted by Crippen LogP contribution is 2.25. The average molecular weight is 463 g/mol. The third kappa shape index (κ3) is 5.03. The molecule has 3 rings (SSSR count). The van der Waals surface area contributed by atoms with Gasteiger partial charge in [0.2, 0.25) is 0 Å². The summed E-state index contributed by atoms with van der Waals surface area (Å²) in [6.07, 6.45) is -1.31. The van der Waals surface area contributed by atoms with E-state index in [2.05, 4.69) is 10.4 Å². The molecule has 0 aliphatic carbocycles. The maximum atomic E-state index is 13.7. The summed E-state index contributed by atoms with van der Waals surface area (Å²) in [6, 6.07) is 4.09. The van der Waals surface area contributed by atoms with Gasteiger partial charge in [0.25, 0.3) is 17.7 Å². The quantitative estimate of drug-likeness (QED) is 0.688. The number of amides is 3. The number of aromatic nitrogens is 2. The minimum atomic E-state index is -1.31. The standard InChI is InChI=1S/C22H28F2N6O3/c1-22(2,3)17-12-16(28(4)27-17)21(33)30-8-7-29(19(30)18(31)26-6-5-25)20(32)13-9-14(23)11-15(24)10-13/h9-12,19H,5-8,25H2,1-4H3,(H,26,31). The molecule has 1 aromatic carbocycles. The first-order valence-corrected chi connectivity index (χ1v) is 10.5. The number of nitrogens with one attached hydrogen (secondary N) is 1. The van der Waals surface area contributed by atoms with Crippen LogP contribution in [0, 0.1) is 11.6 Å². The van der Waals surface area contributed by atoms with Gasteiger partial charge in [-0.25, -0.2) is 8.78 Å². The first kappa shape index (κ1) is 24.3. The zero-order chi connectivity index (χ0) is 24.5. The maximum absolute atomic E-state index is 13.7. The molecule has 1 aliphatic heterocycles. The SMILES string of the molecule is Cn1nc(C(C)(C)C)cc1C(=O)N1CCN(C(=O)c2cc(F)cc(F)c2)C1C(=O)NCCN. The third-order valence-corrected chi connectivity index (χ3v) is 5.35. The lowest BCUT2D eigenvalue weighted by atomic mass is 9.92. The average Bonchev–Trinajstić information content (AvgIpc) is 3.34. The summed E-state index contributed by atoms with van der Waals surface area (Å²) in [5, 5.41) is 6.99. The second kappa shape index (κ2) is 9.26. The molecule has 2 heterocycles. The monoisotopic (exact) mass is 462 g/mol. The predicted molar refractivity (Wildman–Crippen MR) is 116 cm³/mol. The van der Waals surface area contributed by atoms with Gasteiger partial charge in [-0.05, 0) is 18.2 Å². The molecule has 1 saturated heterocycles. The summed E-state index contributed by atoms with van der Waals surface area (Å²) in [7, 11) is 1.63. The molecular formula is C22H28F2N6O3. The first-order chi connectivity index (χ1) is 15.4. The molecule has 3 N–H and O–H groups in total. The Morgan fingerprint density at radius 2 is 1.64 bits per heavy atom. The van der Waals surface area contributed by atoms with Crippen molar-refractivity contribution in [2.75, 3.05) is 26.2 Å². The lowest BCUT2D eigenvalue weighted by Crippen LogP contribution is -2.54. The molecule has 1 atom stereocenters. The number of carbonyl (C=O) groups is 3. The Bertz CT molecular complexity index is 1060. The van der Waals surface area contributed by atoms with Crippen molar-refractivity contribution in [3.8, 4) is 0 Å². The Labute approximate surface area is 190 Å². The molecular weight excluding hydrogens is 434 g/mol. The number of aryl methyl sites for hydroxylation is 1. The van der Waals surface area contributed by atoms with E-state index in [1.165, 1.54) is 9.58 Å². The molecule has 1 fully saturated rings. The number of hydrogen-bond acceptors (Lipinski definition) is 5. The fraction of sp³-hybridized carbons (Fsp3) is 0.455. The minimum Gasteiger partial charge on any atom is -0.351 e. The molecule has 0 saturated carbocycles. The lowest BCUT2D eigenvalue weighted by molar-refractivity contribution is -0.128. The summed E-state index contributed by atoms with van der Waals surface area (Å²) < 4.78 is 28.8. The van der Waals surface area contributed by atoms with Gasteiger partial charge >= 0.3 is 0 Å². The van der Waals surface area contributed by atoms with Crippen molar-refractivity contribution >= 4 is 17.7 Å². The van der Waals surface area contributed by atoms with Gasteiger partial charge in [-0.15, -0.1) is 0 Å². The Morgan fingerprint density at radius 1 is 1.06 bits per heavy atom. The molecule has 1 aromatic heterocycles. The summed E-state index contributed by atoms with van der Waals surface area (Å²) in [6.45, 7) is 6.23. The van der Waals surface area contributed by atoms with E-state index in [-0.39, 0.29) is 42.9 Å². The van der Waals surface area contributed by atoms with Crippen molar-refractivity contribution in [1.82, 2.24) is 24.9 Å². The van der Waals surface area contributed by atoms with Gasteiger partial charge in [0.05, 0.1) is 5.69 Å². The number of benzene rings is 1. The van der Waals surface area contributed by atoms with E-state index in [9.17, 15) is 23.2 Å². The number of rotatable bonds is 5. The molecule has 1 aliphatic rings. The molecule has 0 bridgehead atoms. The van der Waals surface area contributed by atoms with Crippen molar-refractivity contribution in [3.05, 3.63) is 52.9 Å². The fourth-order valence-electron chi connectivity index (χ4n) is 3.65. The van der Waals surface area contributed by atoms with Crippen LogP contribution in [0.3, 0.4) is 0 Å². The Hall–Kier alpha value is -3.34. The van der Waals surface area contributed by atoms with Gasteiger partial charge in [-0.1, -0.05) is 20.8 Å². The van der Waals surface area contributed by atoms with Crippen LogP contribution in [0.1, 0.15) is 47.3 Å². The molecule has 0 spiro atoms. The van der Waals surface area contributed by atoms with Gasteiger partial charge in [-0.2, -0.15) is 5.10 Å². The molecule has 33 heavy (non-hydrogen) atoms. The van der Waals surface area contributed by atoms with Gasteiger partial charge in [-0.3, -0.25) is 19.1 Å². The molecule has 1 unspecified atom stereocenters. The maximum Gasteiger partial charge on any atom is 0.274 e. The Kier molecular flexibility index (Phi) is 6.82. The largest absolute Gasteiger partial charge is 0.351 e. The molecule has 9 nitrogen and oxygen atoms in total. The van der Waals surface area contributed by atoms with Crippen molar-refractivity contribution < 1.29 is 23.2 Å². The summed E-state index contributed by atoms with van der Waals surface area (Å²) >= 11 is 0. The van der Waals surface area contributed by atoms with Crippen LogP contribution in [0.4, 0.5) is 8.78 Å². The molecule has 3 amide bonds. The van der Waals surface area contributed by atoms with Crippen LogP contribution >= 0.6 is 0 Å². The van der Waals surface area contributed by atoms with E-state index in [0.717, 1.165) is 17.0 Å². The predicted octanol–water partition coefficient (Wildman–Crippen LogP) is 0.995. The Morgan fingerprint density at radius 3 is 2.15 bits per heavy atom. The summed E-state index contributed by atoms with van der Waals surface area (Å²) in [5.74, 6) is -3.71. The van der Waals surface area contributed by atoms with Gasteiger partial charge < -0.3 is 20.9 Å². The second-order valence-electron chi connectivity index (χ2n) is 8.90.